The fourth-order valence-electron chi connectivity index (χ4n) is 4.37. The third-order valence-corrected chi connectivity index (χ3v) is 7.28. The normalized spacial score (nSPS) is 15.2. The summed E-state index contributed by atoms with van der Waals surface area (Å²) in [6.45, 7) is 3.09. The molecule has 1 atom stereocenters. The van der Waals surface area contributed by atoms with E-state index in [2.05, 4.69) is 37.2 Å². The molecule has 3 aromatic rings. The van der Waals surface area contributed by atoms with Gasteiger partial charge in [0.1, 0.15) is 12.4 Å². The van der Waals surface area contributed by atoms with Crippen molar-refractivity contribution in [1.82, 2.24) is 4.90 Å². The van der Waals surface area contributed by atoms with Crippen molar-refractivity contribution in [2.75, 3.05) is 18.4 Å². The van der Waals surface area contributed by atoms with Crippen molar-refractivity contribution in [3.63, 3.8) is 0 Å². The molecule has 9 heteroatoms. The number of rotatable bonds is 7. The quantitative estimate of drug-likeness (QED) is 0.351. The number of benzene rings is 3. The number of nitrogens with one attached hydrogen (secondary N) is 1. The average Bonchev–Trinajstić information content (AvgIpc) is 2.87. The van der Waals surface area contributed by atoms with Crippen LogP contribution in [0.5, 0.6) is 5.75 Å². The fraction of sp³-hybridized carbons (Fsp3) is 0.250. The molecule has 0 radical (unpaired) electrons. The molecule has 1 unspecified atom stereocenters. The van der Waals surface area contributed by atoms with Crippen molar-refractivity contribution in [2.45, 2.75) is 26.4 Å². The summed E-state index contributed by atoms with van der Waals surface area (Å²) in [6, 6.07) is 18.0. The zero-order chi connectivity index (χ0) is 26.5. The number of halogens is 2. The van der Waals surface area contributed by atoms with Crippen LogP contribution in [0.3, 0.4) is 0 Å². The first-order chi connectivity index (χ1) is 17.7. The molecule has 0 aliphatic carbocycles. The second-order valence-corrected chi connectivity index (χ2v) is 10.9. The van der Waals surface area contributed by atoms with Gasteiger partial charge in [-0.05, 0) is 79.4 Å². The molecule has 1 fully saturated rings. The summed E-state index contributed by atoms with van der Waals surface area (Å²) >= 11 is 6.85. The average molecular weight is 629 g/mol. The van der Waals surface area contributed by atoms with E-state index in [9.17, 15) is 14.4 Å². The van der Waals surface area contributed by atoms with Gasteiger partial charge in [-0.3, -0.25) is 14.4 Å². The van der Waals surface area contributed by atoms with Crippen LogP contribution >= 0.6 is 31.9 Å². The van der Waals surface area contributed by atoms with Crippen LogP contribution in [0.4, 0.5) is 5.69 Å². The van der Waals surface area contributed by atoms with Crippen LogP contribution in [0.2, 0.25) is 0 Å². The minimum atomic E-state index is -0.653. The predicted molar refractivity (Wildman–Crippen MR) is 150 cm³/mol. The number of carbonyl (C=O) groups excluding carboxylic acids is 3. The lowest BCUT2D eigenvalue weighted by Gasteiger charge is -2.32. The Hall–Kier alpha value is -3.17. The summed E-state index contributed by atoms with van der Waals surface area (Å²) in [5.41, 5.74) is 8.66. The number of carbonyl (C=O) groups is 3. The van der Waals surface area contributed by atoms with Crippen LogP contribution in [0.25, 0.3) is 0 Å². The van der Waals surface area contributed by atoms with Crippen LogP contribution in [-0.2, 0) is 11.4 Å². The molecule has 0 saturated carbocycles. The molecule has 1 saturated heterocycles. The van der Waals surface area contributed by atoms with E-state index in [4.69, 9.17) is 10.5 Å². The Morgan fingerprint density at radius 3 is 2.54 bits per heavy atom. The zero-order valence-corrected chi connectivity index (χ0v) is 23.5. The Kier molecular flexibility index (Phi) is 8.66. The standard InChI is InChI=1S/C28H27Br2N3O4/c1-17-12-21(30)7-9-23(17)28(36)33-11-3-5-19(15-33)27(35)32-22-8-10-25(24(14-22)26(31)34)37-16-18-4-2-6-20(29)13-18/h2,4,6-10,12-14,19H,3,5,11,15-16H2,1H3,(H2,31,34)(H,32,35). The summed E-state index contributed by atoms with van der Waals surface area (Å²) < 4.78 is 7.68. The summed E-state index contributed by atoms with van der Waals surface area (Å²) in [4.78, 5) is 40.0. The molecule has 37 heavy (non-hydrogen) atoms. The number of likely N-dealkylation sites (tertiary alicyclic amines) is 1. The van der Waals surface area contributed by atoms with Crippen LogP contribution in [-0.4, -0.2) is 35.7 Å². The van der Waals surface area contributed by atoms with Gasteiger partial charge in [0, 0.05) is 33.3 Å². The number of piperidine rings is 1. The number of hydrogen-bond acceptors (Lipinski definition) is 4. The van der Waals surface area contributed by atoms with E-state index in [0.29, 0.717) is 36.5 Å². The van der Waals surface area contributed by atoms with Gasteiger partial charge in [-0.15, -0.1) is 0 Å². The molecule has 3 aromatic carbocycles. The van der Waals surface area contributed by atoms with E-state index in [1.165, 1.54) is 6.07 Å². The lowest BCUT2D eigenvalue weighted by atomic mass is 9.95. The minimum Gasteiger partial charge on any atom is -0.488 e. The van der Waals surface area contributed by atoms with Gasteiger partial charge in [0.2, 0.25) is 5.91 Å². The van der Waals surface area contributed by atoms with Crippen LogP contribution in [0.1, 0.15) is 44.7 Å². The largest absolute Gasteiger partial charge is 0.488 e. The van der Waals surface area contributed by atoms with Crippen molar-refractivity contribution in [2.24, 2.45) is 11.7 Å². The van der Waals surface area contributed by atoms with Crippen molar-refractivity contribution in [1.29, 1.82) is 0 Å². The van der Waals surface area contributed by atoms with Crippen molar-refractivity contribution < 1.29 is 19.1 Å². The van der Waals surface area contributed by atoms with Crippen LogP contribution in [0, 0.1) is 12.8 Å². The number of hydrogen-bond donors (Lipinski definition) is 2. The van der Waals surface area contributed by atoms with Gasteiger partial charge in [-0.2, -0.15) is 0 Å². The first-order valence-electron chi connectivity index (χ1n) is 11.9. The van der Waals surface area contributed by atoms with E-state index in [-0.39, 0.29) is 29.9 Å². The Labute approximate surface area is 232 Å². The third kappa shape index (κ3) is 6.78. The monoisotopic (exact) mass is 627 g/mol. The van der Waals surface area contributed by atoms with Gasteiger partial charge < -0.3 is 20.7 Å². The van der Waals surface area contributed by atoms with E-state index in [1.54, 1.807) is 23.1 Å². The molecular weight excluding hydrogens is 602 g/mol. The molecular formula is C28H27Br2N3O4. The maximum Gasteiger partial charge on any atom is 0.254 e. The SMILES string of the molecule is Cc1cc(Br)ccc1C(=O)N1CCCC(C(=O)Nc2ccc(OCc3cccc(Br)c3)c(C(N)=O)c2)C1. The number of nitrogens with zero attached hydrogens (tertiary/aromatic N) is 1. The Morgan fingerprint density at radius 1 is 1.03 bits per heavy atom. The first kappa shape index (κ1) is 26.9. The maximum absolute atomic E-state index is 13.1. The topological polar surface area (TPSA) is 102 Å². The maximum atomic E-state index is 13.1. The van der Waals surface area contributed by atoms with E-state index in [1.807, 2.05) is 43.3 Å². The number of amides is 3. The van der Waals surface area contributed by atoms with Gasteiger partial charge in [0.25, 0.3) is 11.8 Å². The summed E-state index contributed by atoms with van der Waals surface area (Å²) in [5, 5.41) is 2.88. The van der Waals surface area contributed by atoms with Gasteiger partial charge >= 0.3 is 0 Å². The Bertz CT molecular complexity index is 1340. The van der Waals surface area contributed by atoms with Gasteiger partial charge in [0.15, 0.2) is 0 Å². The van der Waals surface area contributed by atoms with Crippen molar-refractivity contribution in [3.05, 3.63) is 91.9 Å². The fourth-order valence-corrected chi connectivity index (χ4v) is 5.29. The summed E-state index contributed by atoms with van der Waals surface area (Å²) in [5.74, 6) is -0.962. The number of anilines is 1. The highest BCUT2D eigenvalue weighted by molar-refractivity contribution is 9.10. The van der Waals surface area contributed by atoms with Gasteiger partial charge in [-0.25, -0.2) is 0 Å². The molecule has 4 rings (SSSR count). The molecule has 0 aromatic heterocycles. The number of aryl methyl sites for hydroxylation is 1. The Balaban J connectivity index is 1.42. The number of nitrogens with two attached hydrogens (primary N) is 1. The molecule has 7 nitrogen and oxygen atoms in total. The van der Waals surface area contributed by atoms with E-state index in [0.717, 1.165) is 26.5 Å². The molecule has 1 aliphatic rings. The highest BCUT2D eigenvalue weighted by atomic mass is 79.9. The van der Waals surface area contributed by atoms with Gasteiger partial charge in [-0.1, -0.05) is 44.0 Å². The number of ether oxygens (including phenoxy) is 1. The van der Waals surface area contributed by atoms with Crippen molar-refractivity contribution >= 4 is 55.3 Å². The highest BCUT2D eigenvalue weighted by Crippen LogP contribution is 2.26. The Morgan fingerprint density at radius 2 is 1.81 bits per heavy atom. The third-order valence-electron chi connectivity index (χ3n) is 6.29. The molecule has 0 spiro atoms. The van der Waals surface area contributed by atoms with E-state index >= 15 is 0 Å². The molecule has 0 bridgehead atoms. The molecule has 3 N–H and O–H groups in total. The molecule has 3 amide bonds. The van der Waals surface area contributed by atoms with E-state index < -0.39 is 5.91 Å². The lowest BCUT2D eigenvalue weighted by Crippen LogP contribution is -2.44. The summed E-state index contributed by atoms with van der Waals surface area (Å²) in [7, 11) is 0. The first-order valence-corrected chi connectivity index (χ1v) is 13.5. The lowest BCUT2D eigenvalue weighted by molar-refractivity contribution is -0.121. The second-order valence-electron chi connectivity index (χ2n) is 9.03. The zero-order valence-electron chi connectivity index (χ0n) is 20.3. The highest BCUT2D eigenvalue weighted by Gasteiger charge is 2.29. The minimum absolute atomic E-state index is 0.0783. The summed E-state index contributed by atoms with van der Waals surface area (Å²) in [6.07, 6.45) is 1.40. The van der Waals surface area contributed by atoms with Crippen molar-refractivity contribution in [3.8, 4) is 5.75 Å². The van der Waals surface area contributed by atoms with Crippen LogP contribution < -0.4 is 15.8 Å². The predicted octanol–water partition coefficient (Wildman–Crippen LogP) is 5.69. The van der Waals surface area contributed by atoms with Crippen LogP contribution in [0.15, 0.2) is 69.6 Å². The van der Waals surface area contributed by atoms with Gasteiger partial charge in [0.05, 0.1) is 11.5 Å². The smallest absolute Gasteiger partial charge is 0.254 e. The molecule has 192 valence electrons. The second kappa shape index (κ2) is 11.9. The molecule has 1 aliphatic heterocycles. The molecule has 1 heterocycles. The number of primary amides is 1.